The van der Waals surface area contributed by atoms with Gasteiger partial charge in [-0.25, -0.2) is 0 Å². The van der Waals surface area contributed by atoms with Gasteiger partial charge in [-0.3, -0.25) is 9.78 Å². The molecule has 126 valence electrons. The Morgan fingerprint density at radius 1 is 1.00 bits per heavy atom. The summed E-state index contributed by atoms with van der Waals surface area (Å²) in [5.74, 6) is 0.565. The summed E-state index contributed by atoms with van der Waals surface area (Å²) in [5.41, 5.74) is 2.80. The van der Waals surface area contributed by atoms with Crippen LogP contribution in [0, 0.1) is 0 Å². The van der Waals surface area contributed by atoms with Crippen molar-refractivity contribution in [2.75, 3.05) is 17.7 Å². The lowest BCUT2D eigenvalue weighted by molar-refractivity contribution is 0.102. The molecule has 0 radical (unpaired) electrons. The molecule has 3 rings (SSSR count). The molecule has 0 aliphatic carbocycles. The number of pyridine rings is 1. The summed E-state index contributed by atoms with van der Waals surface area (Å²) >= 11 is 3.38. The second kappa shape index (κ2) is 7.81. The highest BCUT2D eigenvalue weighted by molar-refractivity contribution is 9.10. The highest BCUT2D eigenvalue weighted by Crippen LogP contribution is 2.21. The quantitative estimate of drug-likeness (QED) is 0.645. The maximum absolute atomic E-state index is 12.4. The molecular weight excluding hydrogens is 382 g/mol. The van der Waals surface area contributed by atoms with Gasteiger partial charge in [-0.1, -0.05) is 22.0 Å². The zero-order valence-electron chi connectivity index (χ0n) is 13.5. The molecule has 0 saturated carbocycles. The number of benzene rings is 2. The third-order valence-electron chi connectivity index (χ3n) is 3.46. The maximum atomic E-state index is 12.4. The zero-order valence-corrected chi connectivity index (χ0v) is 15.1. The van der Waals surface area contributed by atoms with E-state index in [1.54, 1.807) is 19.4 Å². The second-order valence-electron chi connectivity index (χ2n) is 5.28. The van der Waals surface area contributed by atoms with Gasteiger partial charge >= 0.3 is 0 Å². The molecule has 1 amide bonds. The third kappa shape index (κ3) is 4.58. The molecular formula is C19H16BrN3O2. The van der Waals surface area contributed by atoms with E-state index in [0.717, 1.165) is 21.6 Å². The van der Waals surface area contributed by atoms with Gasteiger partial charge in [0.1, 0.15) is 5.75 Å². The van der Waals surface area contributed by atoms with E-state index in [4.69, 9.17) is 4.74 Å². The topological polar surface area (TPSA) is 63.2 Å². The molecule has 0 fully saturated rings. The van der Waals surface area contributed by atoms with Crippen LogP contribution in [0.2, 0.25) is 0 Å². The van der Waals surface area contributed by atoms with Crippen molar-refractivity contribution in [3.8, 4) is 5.75 Å². The number of nitrogens with zero attached hydrogens (tertiary/aromatic N) is 1. The summed E-state index contributed by atoms with van der Waals surface area (Å²) in [4.78, 5) is 16.5. The average molecular weight is 398 g/mol. The highest BCUT2D eigenvalue weighted by atomic mass is 79.9. The Kier molecular flexibility index (Phi) is 5.30. The monoisotopic (exact) mass is 397 g/mol. The molecule has 6 heteroatoms. The van der Waals surface area contributed by atoms with Crippen molar-refractivity contribution < 1.29 is 9.53 Å². The zero-order chi connectivity index (χ0) is 17.6. The van der Waals surface area contributed by atoms with Crippen molar-refractivity contribution >= 4 is 38.9 Å². The number of carbonyl (C=O) groups is 1. The van der Waals surface area contributed by atoms with Crippen LogP contribution < -0.4 is 15.4 Å². The molecule has 1 heterocycles. The fourth-order valence-corrected chi connectivity index (χ4v) is 2.64. The largest absolute Gasteiger partial charge is 0.497 e. The molecule has 0 aliphatic rings. The smallest absolute Gasteiger partial charge is 0.257 e. The number of nitrogens with one attached hydrogen (secondary N) is 2. The predicted octanol–water partition coefficient (Wildman–Crippen LogP) is 4.85. The summed E-state index contributed by atoms with van der Waals surface area (Å²) in [5, 5.41) is 6.07. The first-order valence-corrected chi connectivity index (χ1v) is 8.36. The molecule has 1 aromatic heterocycles. The lowest BCUT2D eigenvalue weighted by Crippen LogP contribution is -2.12. The average Bonchev–Trinajstić information content (AvgIpc) is 2.62. The van der Waals surface area contributed by atoms with Crippen LogP contribution in [0.25, 0.3) is 0 Å². The summed E-state index contributed by atoms with van der Waals surface area (Å²) in [7, 11) is 1.62. The number of hydrogen-bond acceptors (Lipinski definition) is 4. The van der Waals surface area contributed by atoms with Gasteiger partial charge in [0.05, 0.1) is 24.6 Å². The minimum atomic E-state index is -0.219. The van der Waals surface area contributed by atoms with Crippen LogP contribution in [-0.2, 0) is 0 Å². The number of halogens is 1. The van der Waals surface area contributed by atoms with E-state index in [0.29, 0.717) is 11.3 Å². The van der Waals surface area contributed by atoms with Crippen molar-refractivity contribution in [2.24, 2.45) is 0 Å². The molecule has 25 heavy (non-hydrogen) atoms. The Morgan fingerprint density at radius 2 is 1.80 bits per heavy atom. The fourth-order valence-electron chi connectivity index (χ4n) is 2.24. The minimum absolute atomic E-state index is 0.219. The lowest BCUT2D eigenvalue weighted by atomic mass is 10.2. The Bertz CT molecular complexity index is 882. The van der Waals surface area contributed by atoms with Gasteiger partial charge in [-0.05, 0) is 48.5 Å². The van der Waals surface area contributed by atoms with Crippen molar-refractivity contribution in [2.45, 2.75) is 0 Å². The molecule has 2 aromatic carbocycles. The van der Waals surface area contributed by atoms with Gasteiger partial charge < -0.3 is 15.4 Å². The van der Waals surface area contributed by atoms with Crippen LogP contribution in [-0.4, -0.2) is 18.0 Å². The van der Waals surface area contributed by atoms with Crippen LogP contribution in [0.4, 0.5) is 17.1 Å². The van der Waals surface area contributed by atoms with Crippen molar-refractivity contribution in [1.29, 1.82) is 0 Å². The van der Waals surface area contributed by atoms with Crippen molar-refractivity contribution in [3.63, 3.8) is 0 Å². The first-order valence-electron chi connectivity index (χ1n) is 7.57. The number of amides is 1. The molecule has 3 aromatic rings. The summed E-state index contributed by atoms with van der Waals surface area (Å²) in [6.07, 6.45) is 3.20. The van der Waals surface area contributed by atoms with Gasteiger partial charge in [0.2, 0.25) is 0 Å². The molecule has 0 saturated heterocycles. The number of ether oxygens (including phenoxy) is 1. The first-order chi connectivity index (χ1) is 12.1. The standard InChI is InChI=1S/C19H16BrN3O2/c1-25-18-7-5-15(6-8-18)22-17-9-13(11-21-12-17)19(24)23-16-4-2-3-14(20)10-16/h2-12,22H,1H3,(H,23,24). The number of anilines is 3. The summed E-state index contributed by atoms with van der Waals surface area (Å²) in [6.45, 7) is 0. The van der Waals surface area contributed by atoms with Gasteiger partial charge in [-0.2, -0.15) is 0 Å². The normalized spacial score (nSPS) is 10.2. The van der Waals surface area contributed by atoms with E-state index in [1.807, 2.05) is 48.5 Å². The molecule has 2 N–H and O–H groups in total. The van der Waals surface area contributed by atoms with E-state index < -0.39 is 0 Å². The van der Waals surface area contributed by atoms with E-state index in [9.17, 15) is 4.79 Å². The second-order valence-corrected chi connectivity index (χ2v) is 6.20. The number of aromatic nitrogens is 1. The van der Waals surface area contributed by atoms with E-state index in [-0.39, 0.29) is 5.91 Å². The first kappa shape index (κ1) is 17.0. The molecule has 0 aliphatic heterocycles. The van der Waals surface area contributed by atoms with E-state index >= 15 is 0 Å². The van der Waals surface area contributed by atoms with Crippen LogP contribution >= 0.6 is 15.9 Å². The number of rotatable bonds is 5. The van der Waals surface area contributed by atoms with Gasteiger partial charge in [-0.15, -0.1) is 0 Å². The molecule has 0 unspecified atom stereocenters. The Morgan fingerprint density at radius 3 is 2.52 bits per heavy atom. The highest BCUT2D eigenvalue weighted by Gasteiger charge is 2.08. The molecule has 0 bridgehead atoms. The summed E-state index contributed by atoms with van der Waals surface area (Å²) in [6, 6.07) is 16.7. The SMILES string of the molecule is COc1ccc(Nc2cncc(C(=O)Nc3cccc(Br)c3)c2)cc1. The fraction of sp³-hybridized carbons (Fsp3) is 0.0526. The van der Waals surface area contributed by atoms with Crippen LogP contribution in [0.1, 0.15) is 10.4 Å². The van der Waals surface area contributed by atoms with Gasteiger partial charge in [0.25, 0.3) is 5.91 Å². The van der Waals surface area contributed by atoms with Crippen molar-refractivity contribution in [1.82, 2.24) is 4.98 Å². The lowest BCUT2D eigenvalue weighted by Gasteiger charge is -2.09. The number of methoxy groups -OCH3 is 1. The van der Waals surface area contributed by atoms with Crippen LogP contribution in [0.15, 0.2) is 71.5 Å². The Hall–Kier alpha value is -2.86. The van der Waals surface area contributed by atoms with E-state index in [1.165, 1.54) is 6.20 Å². The number of hydrogen-bond donors (Lipinski definition) is 2. The van der Waals surface area contributed by atoms with Gasteiger partial charge in [0.15, 0.2) is 0 Å². The van der Waals surface area contributed by atoms with E-state index in [2.05, 4.69) is 31.5 Å². The molecule has 5 nitrogen and oxygen atoms in total. The predicted molar refractivity (Wildman–Crippen MR) is 103 cm³/mol. The van der Waals surface area contributed by atoms with Gasteiger partial charge in [0, 0.05) is 22.0 Å². The summed E-state index contributed by atoms with van der Waals surface area (Å²) < 4.78 is 6.04. The van der Waals surface area contributed by atoms with Crippen LogP contribution in [0.3, 0.4) is 0 Å². The molecule has 0 atom stereocenters. The maximum Gasteiger partial charge on any atom is 0.257 e. The minimum Gasteiger partial charge on any atom is -0.497 e. The van der Waals surface area contributed by atoms with Crippen molar-refractivity contribution in [3.05, 3.63) is 77.0 Å². The van der Waals surface area contributed by atoms with Crippen LogP contribution in [0.5, 0.6) is 5.75 Å². The Labute approximate surface area is 154 Å². The third-order valence-corrected chi connectivity index (χ3v) is 3.95. The Balaban J connectivity index is 1.72. The molecule has 0 spiro atoms. The number of carbonyl (C=O) groups excluding carboxylic acids is 1.